The van der Waals surface area contributed by atoms with Gasteiger partial charge in [0.05, 0.1) is 17.9 Å². The number of carbonyl (C=O) groups is 1. The number of anilines is 1. The van der Waals surface area contributed by atoms with E-state index in [9.17, 15) is 4.79 Å². The Morgan fingerprint density at radius 2 is 2.12 bits per heavy atom. The summed E-state index contributed by atoms with van der Waals surface area (Å²) in [7, 11) is 0. The first kappa shape index (κ1) is 13.5. The van der Waals surface area contributed by atoms with Crippen molar-refractivity contribution in [3.8, 4) is 6.07 Å². The van der Waals surface area contributed by atoms with Gasteiger partial charge in [-0.15, -0.1) is 11.3 Å². The number of ether oxygens (including phenoxy) is 1. The van der Waals surface area contributed by atoms with Crippen molar-refractivity contribution in [1.82, 2.24) is 0 Å². The van der Waals surface area contributed by atoms with Crippen LogP contribution in [0.5, 0.6) is 0 Å². The molecule has 5 heteroatoms. The van der Waals surface area contributed by atoms with E-state index >= 15 is 0 Å². The molecule has 4 nitrogen and oxygen atoms in total. The number of nitriles is 1. The third-order valence-electron chi connectivity index (χ3n) is 2.20. The molecule has 1 aromatic rings. The number of carbonyl (C=O) groups excluding carboxylic acids is 1. The summed E-state index contributed by atoms with van der Waals surface area (Å²) in [5.41, 5.74) is 6.25. The molecule has 0 spiro atoms. The number of hydrogen-bond donors (Lipinski definition) is 1. The summed E-state index contributed by atoms with van der Waals surface area (Å²) in [6.45, 7) is 7.97. The SMILES string of the molecule is CCOC(=O)c1sc(C(C)(C)C)c(C#N)c1N. The zero-order chi connectivity index (χ0) is 13.2. The molecule has 1 heterocycles. The molecule has 0 aliphatic carbocycles. The topological polar surface area (TPSA) is 76.1 Å². The summed E-state index contributed by atoms with van der Waals surface area (Å²) in [6.07, 6.45) is 0. The van der Waals surface area contributed by atoms with Crippen molar-refractivity contribution in [1.29, 1.82) is 5.26 Å². The van der Waals surface area contributed by atoms with Gasteiger partial charge in [-0.05, 0) is 12.3 Å². The molecule has 0 radical (unpaired) electrons. The Balaban J connectivity index is 3.34. The molecule has 0 fully saturated rings. The van der Waals surface area contributed by atoms with Crippen LogP contribution >= 0.6 is 11.3 Å². The van der Waals surface area contributed by atoms with E-state index in [4.69, 9.17) is 15.7 Å². The first-order chi connectivity index (χ1) is 7.82. The lowest BCUT2D eigenvalue weighted by Crippen LogP contribution is -2.10. The Labute approximate surface area is 105 Å². The van der Waals surface area contributed by atoms with E-state index in [1.165, 1.54) is 11.3 Å². The van der Waals surface area contributed by atoms with Gasteiger partial charge < -0.3 is 10.5 Å². The molecule has 92 valence electrons. The lowest BCUT2D eigenvalue weighted by Gasteiger charge is -2.16. The molecule has 0 unspecified atom stereocenters. The molecule has 0 bridgehead atoms. The molecule has 17 heavy (non-hydrogen) atoms. The van der Waals surface area contributed by atoms with Crippen molar-refractivity contribution in [3.63, 3.8) is 0 Å². The van der Waals surface area contributed by atoms with Gasteiger partial charge in [0.2, 0.25) is 0 Å². The molecule has 0 aromatic carbocycles. The summed E-state index contributed by atoms with van der Waals surface area (Å²) in [4.78, 5) is 12.8. The van der Waals surface area contributed by atoms with Crippen LogP contribution in [-0.4, -0.2) is 12.6 Å². The van der Waals surface area contributed by atoms with Crippen LogP contribution in [0.4, 0.5) is 5.69 Å². The summed E-state index contributed by atoms with van der Waals surface area (Å²) in [5, 5.41) is 9.11. The predicted octanol–water partition coefficient (Wildman–Crippen LogP) is 2.68. The van der Waals surface area contributed by atoms with Crippen LogP contribution in [0.3, 0.4) is 0 Å². The van der Waals surface area contributed by atoms with E-state index in [1.54, 1.807) is 6.92 Å². The van der Waals surface area contributed by atoms with E-state index in [0.29, 0.717) is 17.0 Å². The first-order valence-electron chi connectivity index (χ1n) is 5.32. The highest BCUT2D eigenvalue weighted by molar-refractivity contribution is 7.15. The van der Waals surface area contributed by atoms with Crippen molar-refractivity contribution >= 4 is 23.0 Å². The number of esters is 1. The van der Waals surface area contributed by atoms with Crippen molar-refractivity contribution in [3.05, 3.63) is 15.3 Å². The number of rotatable bonds is 2. The van der Waals surface area contributed by atoms with E-state index in [1.807, 2.05) is 20.8 Å². The lowest BCUT2D eigenvalue weighted by atomic mass is 9.91. The lowest BCUT2D eigenvalue weighted by molar-refractivity contribution is 0.0533. The fraction of sp³-hybridized carbons (Fsp3) is 0.500. The van der Waals surface area contributed by atoms with Crippen LogP contribution in [0.1, 0.15) is 47.8 Å². The van der Waals surface area contributed by atoms with Crippen LogP contribution in [0.25, 0.3) is 0 Å². The van der Waals surface area contributed by atoms with E-state index < -0.39 is 5.97 Å². The van der Waals surface area contributed by atoms with E-state index in [2.05, 4.69) is 6.07 Å². The molecule has 1 aromatic heterocycles. The fourth-order valence-corrected chi connectivity index (χ4v) is 2.55. The molecule has 1 rings (SSSR count). The van der Waals surface area contributed by atoms with Gasteiger partial charge in [0.15, 0.2) is 0 Å². The van der Waals surface area contributed by atoms with Crippen molar-refractivity contribution in [2.45, 2.75) is 33.1 Å². The minimum atomic E-state index is -0.456. The second kappa shape index (κ2) is 4.76. The smallest absolute Gasteiger partial charge is 0.350 e. The Morgan fingerprint density at radius 3 is 2.47 bits per heavy atom. The van der Waals surface area contributed by atoms with Crippen molar-refractivity contribution < 1.29 is 9.53 Å². The maximum absolute atomic E-state index is 11.7. The minimum absolute atomic E-state index is 0.214. The highest BCUT2D eigenvalue weighted by Gasteiger charge is 2.28. The van der Waals surface area contributed by atoms with Gasteiger partial charge in [-0.2, -0.15) is 5.26 Å². The van der Waals surface area contributed by atoms with Crippen molar-refractivity contribution in [2.75, 3.05) is 12.3 Å². The molecular formula is C12H16N2O2S. The maximum Gasteiger partial charge on any atom is 0.350 e. The first-order valence-corrected chi connectivity index (χ1v) is 6.14. The second-order valence-electron chi connectivity index (χ2n) is 4.63. The highest BCUT2D eigenvalue weighted by atomic mass is 32.1. The molecule has 0 amide bonds. The van der Waals surface area contributed by atoms with Gasteiger partial charge in [-0.1, -0.05) is 20.8 Å². The summed E-state index contributed by atoms with van der Waals surface area (Å²) < 4.78 is 4.92. The van der Waals surface area contributed by atoms with Crippen LogP contribution < -0.4 is 5.73 Å². The normalized spacial score (nSPS) is 11.0. The summed E-state index contributed by atoms with van der Waals surface area (Å²) in [6, 6.07) is 2.07. The third-order valence-corrected chi connectivity index (χ3v) is 3.81. The fourth-order valence-electron chi connectivity index (χ4n) is 1.43. The monoisotopic (exact) mass is 252 g/mol. The maximum atomic E-state index is 11.7. The number of nitrogens with two attached hydrogens (primary N) is 1. The third kappa shape index (κ3) is 2.59. The summed E-state index contributed by atoms with van der Waals surface area (Å²) >= 11 is 1.24. The number of hydrogen-bond acceptors (Lipinski definition) is 5. The van der Waals surface area contributed by atoms with Gasteiger partial charge in [0, 0.05) is 4.88 Å². The molecule has 0 saturated carbocycles. The largest absolute Gasteiger partial charge is 0.462 e. The van der Waals surface area contributed by atoms with Gasteiger partial charge in [0.25, 0.3) is 0 Å². The Morgan fingerprint density at radius 1 is 1.53 bits per heavy atom. The molecule has 0 aliphatic rings. The average Bonchev–Trinajstić information content (AvgIpc) is 2.55. The van der Waals surface area contributed by atoms with E-state index in [-0.39, 0.29) is 11.1 Å². The number of thiophene rings is 1. The second-order valence-corrected chi connectivity index (χ2v) is 5.65. The molecule has 0 saturated heterocycles. The van der Waals surface area contributed by atoms with Crippen LogP contribution in [0, 0.1) is 11.3 Å². The zero-order valence-corrected chi connectivity index (χ0v) is 11.3. The van der Waals surface area contributed by atoms with Crippen LogP contribution in [0.2, 0.25) is 0 Å². The Kier molecular flexibility index (Phi) is 3.79. The minimum Gasteiger partial charge on any atom is -0.462 e. The van der Waals surface area contributed by atoms with Gasteiger partial charge in [0.1, 0.15) is 10.9 Å². The summed E-state index contributed by atoms with van der Waals surface area (Å²) in [5.74, 6) is -0.456. The standard InChI is InChI=1S/C12H16N2O2S/c1-5-16-11(15)9-8(14)7(6-13)10(17-9)12(2,3)4/h5,14H2,1-4H3. The highest BCUT2D eigenvalue weighted by Crippen LogP contribution is 2.38. The van der Waals surface area contributed by atoms with Gasteiger partial charge in [-0.3, -0.25) is 0 Å². The van der Waals surface area contributed by atoms with Crippen LogP contribution in [0.15, 0.2) is 0 Å². The van der Waals surface area contributed by atoms with Gasteiger partial charge in [-0.25, -0.2) is 4.79 Å². The molecule has 0 atom stereocenters. The molecule has 0 aliphatic heterocycles. The van der Waals surface area contributed by atoms with Crippen molar-refractivity contribution in [2.24, 2.45) is 0 Å². The Bertz CT molecular complexity index is 478. The molecular weight excluding hydrogens is 236 g/mol. The van der Waals surface area contributed by atoms with Crippen LogP contribution in [-0.2, 0) is 10.2 Å². The number of nitrogen functional groups attached to an aromatic ring is 1. The van der Waals surface area contributed by atoms with E-state index in [0.717, 1.165) is 4.88 Å². The quantitative estimate of drug-likeness (QED) is 0.821. The molecule has 2 N–H and O–H groups in total. The number of nitrogens with zero attached hydrogens (tertiary/aromatic N) is 1. The van der Waals surface area contributed by atoms with Gasteiger partial charge >= 0.3 is 5.97 Å². The zero-order valence-electron chi connectivity index (χ0n) is 10.5. The Hall–Kier alpha value is -1.54. The predicted molar refractivity (Wildman–Crippen MR) is 68.1 cm³/mol. The average molecular weight is 252 g/mol.